The monoisotopic (exact) mass is 302 g/mol. The molecule has 0 aliphatic carbocycles. The Balaban J connectivity index is 2.08. The number of hydrogen-bond donors (Lipinski definition) is 0. The third-order valence-electron chi connectivity index (χ3n) is 4.24. The van der Waals surface area contributed by atoms with E-state index in [0.29, 0.717) is 19.5 Å². The molecule has 0 spiro atoms. The van der Waals surface area contributed by atoms with Crippen molar-refractivity contribution in [1.29, 1.82) is 0 Å². The molecule has 120 valence electrons. The van der Waals surface area contributed by atoms with Gasteiger partial charge in [0.15, 0.2) is 0 Å². The first kappa shape index (κ1) is 16.5. The first-order chi connectivity index (χ1) is 10.6. The van der Waals surface area contributed by atoms with Crippen molar-refractivity contribution in [2.75, 3.05) is 24.5 Å². The zero-order valence-electron chi connectivity index (χ0n) is 13.8. The lowest BCUT2D eigenvalue weighted by atomic mass is 10.1. The molecular weight excluding hydrogens is 276 g/mol. The second kappa shape index (κ2) is 7.43. The van der Waals surface area contributed by atoms with Gasteiger partial charge in [-0.25, -0.2) is 0 Å². The second-order valence-electron chi connectivity index (χ2n) is 6.02. The van der Waals surface area contributed by atoms with E-state index in [4.69, 9.17) is 0 Å². The molecular formula is C18H26N2O2. The van der Waals surface area contributed by atoms with Gasteiger partial charge >= 0.3 is 0 Å². The maximum atomic E-state index is 12.8. The Morgan fingerprint density at radius 2 is 2.14 bits per heavy atom. The standard InChI is InChI=1S/C18H26N2O2/c1-4-6-10-19-13-15(12-17(19)21)18(22)20(5-2)16-9-7-8-14(3)11-16/h7-9,11,15H,4-6,10,12-13H2,1-3H3. The van der Waals surface area contributed by atoms with E-state index in [1.54, 1.807) is 4.90 Å². The van der Waals surface area contributed by atoms with Gasteiger partial charge in [-0.15, -0.1) is 0 Å². The molecule has 4 nitrogen and oxygen atoms in total. The molecule has 22 heavy (non-hydrogen) atoms. The summed E-state index contributed by atoms with van der Waals surface area (Å²) in [4.78, 5) is 28.5. The van der Waals surface area contributed by atoms with Crippen molar-refractivity contribution in [1.82, 2.24) is 4.90 Å². The van der Waals surface area contributed by atoms with Gasteiger partial charge in [0.1, 0.15) is 0 Å². The van der Waals surface area contributed by atoms with Crippen LogP contribution in [-0.4, -0.2) is 36.3 Å². The summed E-state index contributed by atoms with van der Waals surface area (Å²) < 4.78 is 0. The summed E-state index contributed by atoms with van der Waals surface area (Å²) in [6, 6.07) is 7.97. The number of benzene rings is 1. The Bertz CT molecular complexity index is 542. The Morgan fingerprint density at radius 1 is 1.36 bits per heavy atom. The number of anilines is 1. The van der Waals surface area contributed by atoms with E-state index in [9.17, 15) is 9.59 Å². The molecule has 1 unspecified atom stereocenters. The van der Waals surface area contributed by atoms with Crippen molar-refractivity contribution >= 4 is 17.5 Å². The van der Waals surface area contributed by atoms with Crippen LogP contribution in [-0.2, 0) is 9.59 Å². The fraction of sp³-hybridized carbons (Fsp3) is 0.556. The van der Waals surface area contributed by atoms with Gasteiger partial charge in [-0.05, 0) is 38.0 Å². The van der Waals surface area contributed by atoms with Crippen LogP contribution in [0.2, 0.25) is 0 Å². The topological polar surface area (TPSA) is 40.6 Å². The van der Waals surface area contributed by atoms with E-state index in [2.05, 4.69) is 6.92 Å². The van der Waals surface area contributed by atoms with Gasteiger partial charge in [0, 0.05) is 31.7 Å². The van der Waals surface area contributed by atoms with E-state index in [1.165, 1.54) is 0 Å². The summed E-state index contributed by atoms with van der Waals surface area (Å²) >= 11 is 0. The Morgan fingerprint density at radius 3 is 2.77 bits per heavy atom. The van der Waals surface area contributed by atoms with Crippen molar-refractivity contribution in [3.8, 4) is 0 Å². The predicted molar refractivity (Wildman–Crippen MR) is 88.8 cm³/mol. The van der Waals surface area contributed by atoms with Crippen molar-refractivity contribution in [2.45, 2.75) is 40.0 Å². The van der Waals surface area contributed by atoms with Crippen LogP contribution in [0.4, 0.5) is 5.69 Å². The van der Waals surface area contributed by atoms with Gasteiger partial charge in [0.05, 0.1) is 5.92 Å². The normalized spacial score (nSPS) is 17.9. The first-order valence-corrected chi connectivity index (χ1v) is 8.22. The van der Waals surface area contributed by atoms with Crippen LogP contribution in [0.15, 0.2) is 24.3 Å². The van der Waals surface area contributed by atoms with Crippen LogP contribution in [0.5, 0.6) is 0 Å². The lowest BCUT2D eigenvalue weighted by Gasteiger charge is -2.24. The molecule has 1 heterocycles. The molecule has 2 rings (SSSR count). The number of nitrogens with zero attached hydrogens (tertiary/aromatic N) is 2. The second-order valence-corrected chi connectivity index (χ2v) is 6.02. The van der Waals surface area contributed by atoms with Gasteiger partial charge in [-0.1, -0.05) is 25.5 Å². The number of carbonyl (C=O) groups is 2. The minimum absolute atomic E-state index is 0.0699. The molecule has 1 aliphatic rings. The molecule has 0 bridgehead atoms. The zero-order chi connectivity index (χ0) is 16.1. The van der Waals surface area contributed by atoms with Crippen LogP contribution >= 0.6 is 0 Å². The maximum absolute atomic E-state index is 12.8. The highest BCUT2D eigenvalue weighted by molar-refractivity contribution is 5.99. The lowest BCUT2D eigenvalue weighted by molar-refractivity contribution is -0.128. The molecule has 0 radical (unpaired) electrons. The van der Waals surface area contributed by atoms with Crippen LogP contribution < -0.4 is 4.90 Å². The minimum atomic E-state index is -0.204. The van der Waals surface area contributed by atoms with Crippen LogP contribution in [0.1, 0.15) is 38.7 Å². The number of hydrogen-bond acceptors (Lipinski definition) is 2. The summed E-state index contributed by atoms with van der Waals surface area (Å²) in [7, 11) is 0. The predicted octanol–water partition coefficient (Wildman–Crippen LogP) is 3.00. The van der Waals surface area contributed by atoms with Crippen molar-refractivity contribution in [2.24, 2.45) is 5.92 Å². The summed E-state index contributed by atoms with van der Waals surface area (Å²) in [5.74, 6) is -0.0163. The van der Waals surface area contributed by atoms with Crippen LogP contribution in [0, 0.1) is 12.8 Å². The van der Waals surface area contributed by atoms with E-state index < -0.39 is 0 Å². The summed E-state index contributed by atoms with van der Waals surface area (Å²) in [6.07, 6.45) is 2.42. The van der Waals surface area contributed by atoms with Crippen molar-refractivity contribution in [3.63, 3.8) is 0 Å². The molecule has 1 aromatic rings. The van der Waals surface area contributed by atoms with E-state index >= 15 is 0 Å². The fourth-order valence-corrected chi connectivity index (χ4v) is 2.98. The molecule has 0 N–H and O–H groups in total. The van der Waals surface area contributed by atoms with Crippen molar-refractivity contribution in [3.05, 3.63) is 29.8 Å². The van der Waals surface area contributed by atoms with Gasteiger partial charge in [-0.2, -0.15) is 0 Å². The third-order valence-corrected chi connectivity index (χ3v) is 4.24. The number of aryl methyl sites for hydroxylation is 1. The number of unbranched alkanes of at least 4 members (excludes halogenated alkanes) is 1. The average molecular weight is 302 g/mol. The fourth-order valence-electron chi connectivity index (χ4n) is 2.98. The van der Waals surface area contributed by atoms with E-state index in [0.717, 1.165) is 30.6 Å². The van der Waals surface area contributed by atoms with Gasteiger partial charge in [0.25, 0.3) is 0 Å². The van der Waals surface area contributed by atoms with Gasteiger partial charge in [-0.3, -0.25) is 9.59 Å². The number of carbonyl (C=O) groups excluding carboxylic acids is 2. The minimum Gasteiger partial charge on any atom is -0.342 e. The first-order valence-electron chi connectivity index (χ1n) is 8.22. The number of likely N-dealkylation sites (tertiary alicyclic amines) is 1. The van der Waals surface area contributed by atoms with Crippen LogP contribution in [0.25, 0.3) is 0 Å². The summed E-state index contributed by atoms with van der Waals surface area (Å²) in [5.41, 5.74) is 2.06. The van der Waals surface area contributed by atoms with Gasteiger partial charge < -0.3 is 9.80 Å². The molecule has 4 heteroatoms. The highest BCUT2D eigenvalue weighted by atomic mass is 16.2. The molecule has 0 aromatic heterocycles. The molecule has 0 saturated carbocycles. The Hall–Kier alpha value is -1.84. The summed E-state index contributed by atoms with van der Waals surface area (Å²) in [6.45, 7) is 8.08. The van der Waals surface area contributed by atoms with Crippen molar-refractivity contribution < 1.29 is 9.59 Å². The smallest absolute Gasteiger partial charge is 0.232 e. The number of amides is 2. The largest absolute Gasteiger partial charge is 0.342 e. The number of rotatable bonds is 6. The molecule has 1 fully saturated rings. The van der Waals surface area contributed by atoms with E-state index in [-0.39, 0.29) is 17.7 Å². The Kier molecular flexibility index (Phi) is 5.58. The molecule has 1 aliphatic heterocycles. The lowest BCUT2D eigenvalue weighted by Crippen LogP contribution is -2.37. The highest BCUT2D eigenvalue weighted by Crippen LogP contribution is 2.24. The summed E-state index contributed by atoms with van der Waals surface area (Å²) in [5, 5.41) is 0. The van der Waals surface area contributed by atoms with Gasteiger partial charge in [0.2, 0.25) is 11.8 Å². The maximum Gasteiger partial charge on any atom is 0.232 e. The SMILES string of the molecule is CCCCN1CC(C(=O)N(CC)c2cccc(C)c2)CC1=O. The van der Waals surface area contributed by atoms with Crippen LogP contribution in [0.3, 0.4) is 0 Å². The molecule has 1 saturated heterocycles. The molecule has 1 aromatic carbocycles. The quantitative estimate of drug-likeness (QED) is 0.810. The third kappa shape index (κ3) is 3.67. The van der Waals surface area contributed by atoms with E-state index in [1.807, 2.05) is 43.0 Å². The average Bonchev–Trinajstić information content (AvgIpc) is 2.87. The molecule has 1 atom stereocenters. The molecule has 2 amide bonds. The zero-order valence-corrected chi connectivity index (χ0v) is 13.8. The highest BCUT2D eigenvalue weighted by Gasteiger charge is 2.36. The Labute approximate surface area is 133 Å².